The van der Waals surface area contributed by atoms with E-state index >= 15 is 0 Å². The second-order valence-electron chi connectivity index (χ2n) is 4.62. The summed E-state index contributed by atoms with van der Waals surface area (Å²) in [6.07, 6.45) is -0.671. The summed E-state index contributed by atoms with van der Waals surface area (Å²) >= 11 is 0. The summed E-state index contributed by atoms with van der Waals surface area (Å²) in [5.41, 5.74) is -0.122. The predicted molar refractivity (Wildman–Crippen MR) is 47.6 cm³/mol. The van der Waals surface area contributed by atoms with E-state index in [9.17, 15) is 13.5 Å². The number of hydrogen-bond donors (Lipinski definition) is 1. The Balaban J connectivity index is 2.85. The second kappa shape index (κ2) is 2.70. The first-order valence-corrected chi connectivity index (χ1v) is 5.93. The molecule has 3 nitrogen and oxygen atoms in total. The van der Waals surface area contributed by atoms with Crippen molar-refractivity contribution >= 4 is 9.84 Å². The zero-order chi connectivity index (χ0) is 9.57. The maximum Gasteiger partial charge on any atom is 0.153 e. The molecule has 0 bridgehead atoms. The summed E-state index contributed by atoms with van der Waals surface area (Å²) in [6.45, 7) is 5.88. The topological polar surface area (TPSA) is 54.4 Å². The number of sulfone groups is 1. The molecule has 0 saturated carbocycles. The predicted octanol–water partition coefficient (Wildman–Crippen LogP) is 0.438. The molecular formula is C8H16O3S. The van der Waals surface area contributed by atoms with E-state index in [1.165, 1.54) is 0 Å². The number of rotatable bonds is 0. The standard InChI is InChI=1S/C8H16O3S/c1-8(2,3)6-4-12(10,11)5-7(6)9/h6-7,9H,4-5H2,1-3H3. The van der Waals surface area contributed by atoms with E-state index in [4.69, 9.17) is 0 Å². The second-order valence-corrected chi connectivity index (χ2v) is 6.77. The van der Waals surface area contributed by atoms with E-state index in [0.717, 1.165) is 0 Å². The molecule has 1 aliphatic heterocycles. The van der Waals surface area contributed by atoms with Crippen LogP contribution in [0.4, 0.5) is 0 Å². The fourth-order valence-corrected chi connectivity index (χ4v) is 3.81. The molecule has 2 atom stereocenters. The molecule has 0 aromatic rings. The molecule has 0 aromatic carbocycles. The molecule has 0 aliphatic carbocycles. The Labute approximate surface area is 73.7 Å². The third-order valence-corrected chi connectivity index (χ3v) is 4.15. The number of aliphatic hydroxyl groups is 1. The van der Waals surface area contributed by atoms with Crippen LogP contribution in [0.2, 0.25) is 0 Å². The first-order valence-electron chi connectivity index (χ1n) is 4.11. The Morgan fingerprint density at radius 2 is 1.75 bits per heavy atom. The van der Waals surface area contributed by atoms with E-state index < -0.39 is 15.9 Å². The molecule has 12 heavy (non-hydrogen) atoms. The first kappa shape index (κ1) is 9.99. The Kier molecular flexibility index (Phi) is 2.25. The average Bonchev–Trinajstić information content (AvgIpc) is 2.03. The van der Waals surface area contributed by atoms with Crippen molar-refractivity contribution in [1.82, 2.24) is 0 Å². The molecule has 1 rings (SSSR count). The lowest BCUT2D eigenvalue weighted by molar-refractivity contribution is 0.0829. The fraction of sp³-hybridized carbons (Fsp3) is 1.00. The molecule has 0 amide bonds. The van der Waals surface area contributed by atoms with Crippen LogP contribution in [0.25, 0.3) is 0 Å². The first-order chi connectivity index (χ1) is 5.22. The van der Waals surface area contributed by atoms with Gasteiger partial charge in [0, 0.05) is 5.92 Å². The smallest absolute Gasteiger partial charge is 0.153 e. The van der Waals surface area contributed by atoms with Gasteiger partial charge in [0.1, 0.15) is 0 Å². The molecule has 1 aliphatic rings. The van der Waals surface area contributed by atoms with Crippen LogP contribution in [0.15, 0.2) is 0 Å². The quantitative estimate of drug-likeness (QED) is 0.606. The highest BCUT2D eigenvalue weighted by Crippen LogP contribution is 2.34. The summed E-state index contributed by atoms with van der Waals surface area (Å²) in [7, 11) is -2.98. The van der Waals surface area contributed by atoms with Crippen LogP contribution in [0, 0.1) is 11.3 Å². The third kappa shape index (κ3) is 1.98. The monoisotopic (exact) mass is 192 g/mol. The van der Waals surface area contributed by atoms with Gasteiger partial charge in [0.25, 0.3) is 0 Å². The minimum Gasteiger partial charge on any atom is -0.392 e. The lowest BCUT2D eigenvalue weighted by atomic mass is 9.79. The van der Waals surface area contributed by atoms with Gasteiger partial charge >= 0.3 is 0 Å². The normalized spacial score (nSPS) is 35.3. The van der Waals surface area contributed by atoms with Crippen molar-refractivity contribution in [2.45, 2.75) is 26.9 Å². The summed E-state index contributed by atoms with van der Waals surface area (Å²) in [5.74, 6) is -0.0328. The van der Waals surface area contributed by atoms with Gasteiger partial charge in [0.15, 0.2) is 9.84 Å². The van der Waals surface area contributed by atoms with Gasteiger partial charge in [-0.3, -0.25) is 0 Å². The molecule has 0 spiro atoms. The summed E-state index contributed by atoms with van der Waals surface area (Å²) < 4.78 is 22.3. The molecule has 0 aromatic heterocycles. The lowest BCUT2D eigenvalue weighted by Gasteiger charge is -2.28. The van der Waals surface area contributed by atoms with Crippen LogP contribution in [0.3, 0.4) is 0 Å². The van der Waals surface area contributed by atoms with Gasteiger partial charge in [-0.05, 0) is 5.41 Å². The van der Waals surface area contributed by atoms with Crippen LogP contribution in [-0.4, -0.2) is 31.1 Å². The molecule has 1 heterocycles. The van der Waals surface area contributed by atoms with Crippen molar-refractivity contribution in [3.8, 4) is 0 Å². The minimum absolute atomic E-state index is 0.0606. The third-order valence-electron chi connectivity index (χ3n) is 2.44. The largest absolute Gasteiger partial charge is 0.392 e. The highest BCUT2D eigenvalue weighted by molar-refractivity contribution is 7.91. The van der Waals surface area contributed by atoms with E-state index in [2.05, 4.69) is 0 Å². The van der Waals surface area contributed by atoms with Gasteiger partial charge in [-0.15, -0.1) is 0 Å². The van der Waals surface area contributed by atoms with E-state index in [1.54, 1.807) is 0 Å². The van der Waals surface area contributed by atoms with E-state index in [-0.39, 0.29) is 22.8 Å². The SMILES string of the molecule is CC(C)(C)C1CS(=O)(=O)CC1O. The van der Waals surface area contributed by atoms with Gasteiger partial charge in [-0.25, -0.2) is 8.42 Å². The highest BCUT2D eigenvalue weighted by Gasteiger charge is 2.42. The Hall–Kier alpha value is -0.0900. The molecule has 72 valence electrons. The van der Waals surface area contributed by atoms with Crippen molar-refractivity contribution in [2.75, 3.05) is 11.5 Å². The fourth-order valence-electron chi connectivity index (χ4n) is 1.66. The van der Waals surface area contributed by atoms with Crippen LogP contribution in [-0.2, 0) is 9.84 Å². The van der Waals surface area contributed by atoms with Crippen molar-refractivity contribution in [2.24, 2.45) is 11.3 Å². The van der Waals surface area contributed by atoms with Crippen molar-refractivity contribution < 1.29 is 13.5 Å². The molecule has 1 saturated heterocycles. The average molecular weight is 192 g/mol. The molecule has 2 unspecified atom stereocenters. The maximum atomic E-state index is 11.1. The van der Waals surface area contributed by atoms with Crippen molar-refractivity contribution in [3.05, 3.63) is 0 Å². The molecular weight excluding hydrogens is 176 g/mol. The van der Waals surface area contributed by atoms with Gasteiger partial charge in [-0.1, -0.05) is 20.8 Å². The van der Waals surface area contributed by atoms with Gasteiger partial charge in [0.05, 0.1) is 17.6 Å². The summed E-state index contributed by atoms with van der Waals surface area (Å²) in [4.78, 5) is 0. The highest BCUT2D eigenvalue weighted by atomic mass is 32.2. The van der Waals surface area contributed by atoms with Crippen LogP contribution >= 0.6 is 0 Å². The molecule has 0 radical (unpaired) electrons. The minimum atomic E-state index is -2.98. The van der Waals surface area contributed by atoms with Gasteiger partial charge in [0.2, 0.25) is 0 Å². The number of aliphatic hydroxyl groups excluding tert-OH is 1. The Bertz CT molecular complexity index is 261. The number of hydrogen-bond acceptors (Lipinski definition) is 3. The van der Waals surface area contributed by atoms with Gasteiger partial charge in [-0.2, -0.15) is 0 Å². The van der Waals surface area contributed by atoms with Gasteiger partial charge < -0.3 is 5.11 Å². The zero-order valence-corrected chi connectivity index (χ0v) is 8.56. The summed E-state index contributed by atoms with van der Waals surface area (Å²) in [6, 6.07) is 0. The van der Waals surface area contributed by atoms with Crippen LogP contribution < -0.4 is 0 Å². The maximum absolute atomic E-state index is 11.1. The van der Waals surface area contributed by atoms with Crippen LogP contribution in [0.1, 0.15) is 20.8 Å². The Morgan fingerprint density at radius 3 is 1.92 bits per heavy atom. The van der Waals surface area contributed by atoms with Crippen molar-refractivity contribution in [1.29, 1.82) is 0 Å². The van der Waals surface area contributed by atoms with Crippen LogP contribution in [0.5, 0.6) is 0 Å². The molecule has 4 heteroatoms. The molecule has 1 fully saturated rings. The molecule has 1 N–H and O–H groups in total. The zero-order valence-electron chi connectivity index (χ0n) is 7.74. The van der Waals surface area contributed by atoms with E-state index in [1.807, 2.05) is 20.8 Å². The summed E-state index contributed by atoms with van der Waals surface area (Å²) in [5, 5.41) is 9.48. The lowest BCUT2D eigenvalue weighted by Crippen LogP contribution is -2.30. The van der Waals surface area contributed by atoms with E-state index in [0.29, 0.717) is 0 Å². The van der Waals surface area contributed by atoms with Crippen molar-refractivity contribution in [3.63, 3.8) is 0 Å². The Morgan fingerprint density at radius 1 is 1.25 bits per heavy atom.